The van der Waals surface area contributed by atoms with Crippen LogP contribution in [0.4, 0.5) is 0 Å². The largest absolute Gasteiger partial charge is 0.455 e. The van der Waals surface area contributed by atoms with Crippen LogP contribution in [0.1, 0.15) is 48.9 Å². The number of nitrogens with zero attached hydrogens (tertiary/aromatic N) is 3. The van der Waals surface area contributed by atoms with E-state index < -0.39 is 0 Å². The number of allylic oxidation sites excluding steroid dienone is 1. The molecule has 0 bridgehead atoms. The second kappa shape index (κ2) is 17.2. The Morgan fingerprint density at radius 1 is 0.486 bits per heavy atom. The van der Waals surface area contributed by atoms with Crippen molar-refractivity contribution in [1.29, 1.82) is 0 Å². The van der Waals surface area contributed by atoms with E-state index in [1.54, 1.807) is 0 Å². The third kappa shape index (κ3) is 6.70. The van der Waals surface area contributed by atoms with Gasteiger partial charge in [0.25, 0.3) is 0 Å². The maximum atomic E-state index is 6.95. The van der Waals surface area contributed by atoms with Gasteiger partial charge in [0.15, 0.2) is 0 Å². The fraction of sp³-hybridized carbons (Fsp3) is 0.0870. The molecule has 0 saturated carbocycles. The summed E-state index contributed by atoms with van der Waals surface area (Å²) in [7, 11) is 0. The molecule has 15 rings (SSSR count). The topological polar surface area (TPSA) is 35.4 Å². The van der Waals surface area contributed by atoms with Crippen molar-refractivity contribution in [3.63, 3.8) is 0 Å². The van der Waals surface area contributed by atoms with Gasteiger partial charge >= 0.3 is 0 Å². The minimum atomic E-state index is -0.182. The first-order chi connectivity index (χ1) is 36.7. The first kappa shape index (κ1) is 42.9. The van der Waals surface area contributed by atoms with E-state index in [9.17, 15) is 0 Å². The highest BCUT2D eigenvalue weighted by atomic mass is 32.1. The van der Waals surface area contributed by atoms with Crippen LogP contribution in [0.3, 0.4) is 0 Å². The highest BCUT2D eigenvalue weighted by Crippen LogP contribution is 2.48. The lowest BCUT2D eigenvalue weighted by molar-refractivity contribution is 0.519. The van der Waals surface area contributed by atoms with Gasteiger partial charge in [-0.2, -0.15) is 0 Å². The van der Waals surface area contributed by atoms with Crippen LogP contribution in [0.2, 0.25) is 0 Å². The normalized spacial score (nSPS) is 16.2. The standard InChI is InChI=1S/C69H49N3OS/c1-2-48-50(54-30-18-36-66-67(54)56-27-11-14-35-65(56)74-66)29-17-32-59(70-68(48)45-37-38-53-55-31-16-28-49(43-19-5-3-6-20-43)69(55)73-64(53)40-45)44-21-15-24-47(39-44)72-61-34-13-10-26-52(61)58-41-57-51-25-9-12-33-60(51)71(62(57)42-63(58)72)46-22-7-4-8-23-46/h3-16,18-31,33-42,48,68H,2,17,32H2,1H3/b50-29+,70-59?. The van der Waals surface area contributed by atoms with Crippen molar-refractivity contribution in [2.45, 2.75) is 32.2 Å². The average Bonchev–Trinajstić information content (AvgIpc) is 4.20. The lowest BCUT2D eigenvalue weighted by atomic mass is 9.79. The summed E-state index contributed by atoms with van der Waals surface area (Å²) in [6, 6.07) is 82.0. The Kier molecular flexibility index (Phi) is 9.96. The smallest absolute Gasteiger partial charge is 0.143 e. The minimum absolute atomic E-state index is 0.0931. The van der Waals surface area contributed by atoms with Gasteiger partial charge in [0, 0.05) is 81.1 Å². The molecule has 10 aromatic carbocycles. The number of hydrogen-bond acceptors (Lipinski definition) is 3. The third-order valence-electron chi connectivity index (χ3n) is 15.8. The summed E-state index contributed by atoms with van der Waals surface area (Å²) in [6.45, 7) is 2.34. The molecule has 74 heavy (non-hydrogen) atoms. The van der Waals surface area contributed by atoms with Crippen LogP contribution in [-0.2, 0) is 0 Å². The molecule has 1 aliphatic rings. The van der Waals surface area contributed by atoms with E-state index in [1.807, 2.05) is 11.3 Å². The van der Waals surface area contributed by atoms with E-state index in [0.29, 0.717) is 0 Å². The van der Waals surface area contributed by atoms with Gasteiger partial charge in [-0.05, 0) is 114 Å². The average molecular weight is 968 g/mol. The number of para-hydroxylation sites is 4. The van der Waals surface area contributed by atoms with Gasteiger partial charge < -0.3 is 13.6 Å². The Morgan fingerprint density at radius 3 is 1.89 bits per heavy atom. The van der Waals surface area contributed by atoms with Crippen LogP contribution in [0, 0.1) is 5.92 Å². The zero-order valence-electron chi connectivity index (χ0n) is 40.9. The molecule has 2 atom stereocenters. The molecular formula is C69H49N3OS. The van der Waals surface area contributed by atoms with Gasteiger partial charge in [0.1, 0.15) is 11.2 Å². The summed E-state index contributed by atoms with van der Waals surface area (Å²) in [4.78, 5) is 6.04. The number of thiophene rings is 1. The van der Waals surface area contributed by atoms with E-state index in [1.165, 1.54) is 74.9 Å². The van der Waals surface area contributed by atoms with E-state index in [-0.39, 0.29) is 12.0 Å². The molecule has 0 radical (unpaired) electrons. The number of furan rings is 1. The van der Waals surface area contributed by atoms with Crippen molar-refractivity contribution in [2.75, 3.05) is 0 Å². The van der Waals surface area contributed by atoms with Gasteiger partial charge in [-0.1, -0.05) is 171 Å². The molecule has 4 aromatic heterocycles. The first-order valence-electron chi connectivity index (χ1n) is 26.0. The second-order valence-corrected chi connectivity index (χ2v) is 21.0. The zero-order valence-corrected chi connectivity index (χ0v) is 41.7. The Hall–Kier alpha value is -8.77. The Labute approximate surface area is 432 Å². The Bertz CT molecular complexity index is 4600. The monoisotopic (exact) mass is 967 g/mol. The van der Waals surface area contributed by atoms with E-state index in [4.69, 9.17) is 9.41 Å². The number of benzene rings is 10. The molecule has 0 spiro atoms. The van der Waals surface area contributed by atoms with Crippen molar-refractivity contribution >= 4 is 108 Å². The van der Waals surface area contributed by atoms with Crippen LogP contribution in [0.15, 0.2) is 240 Å². The predicted octanol–water partition coefficient (Wildman–Crippen LogP) is 19.2. The van der Waals surface area contributed by atoms with Gasteiger partial charge in [-0.25, -0.2) is 0 Å². The molecule has 14 aromatic rings. The number of rotatable bonds is 7. The molecule has 352 valence electrons. The van der Waals surface area contributed by atoms with Gasteiger partial charge in [-0.3, -0.25) is 4.99 Å². The highest BCUT2D eigenvalue weighted by molar-refractivity contribution is 7.25. The lowest BCUT2D eigenvalue weighted by Gasteiger charge is -2.30. The van der Waals surface area contributed by atoms with Crippen molar-refractivity contribution in [2.24, 2.45) is 10.9 Å². The molecule has 0 aliphatic carbocycles. The van der Waals surface area contributed by atoms with Gasteiger partial charge in [0.2, 0.25) is 0 Å². The molecule has 1 aliphatic heterocycles. The van der Waals surface area contributed by atoms with Crippen LogP contribution in [-0.4, -0.2) is 14.8 Å². The summed E-state index contributed by atoms with van der Waals surface area (Å²) in [6.07, 6.45) is 5.15. The molecule has 5 heterocycles. The molecule has 0 amide bonds. The molecule has 0 fully saturated rings. The quantitative estimate of drug-likeness (QED) is 0.157. The SMILES string of the molecule is CCC1/C(c2cccc3sc4ccccc4c23)=C\CCC(c2cccc(-n3c4ccccc4c4cc5c6ccccc6n(-c6ccccc6)c5cc43)c2)=NC1c1ccc2c(c1)oc1c(-c3ccccc3)cccc12. The lowest BCUT2D eigenvalue weighted by Crippen LogP contribution is -2.18. The van der Waals surface area contributed by atoms with Gasteiger partial charge in [0.05, 0.1) is 28.1 Å². The molecule has 0 saturated heterocycles. The summed E-state index contributed by atoms with van der Waals surface area (Å²) in [5.41, 5.74) is 17.2. The van der Waals surface area contributed by atoms with Crippen molar-refractivity contribution in [1.82, 2.24) is 9.13 Å². The van der Waals surface area contributed by atoms with E-state index >= 15 is 0 Å². The van der Waals surface area contributed by atoms with Crippen molar-refractivity contribution in [3.8, 4) is 22.5 Å². The Morgan fingerprint density at radius 2 is 1.11 bits per heavy atom. The molecule has 5 heteroatoms. The first-order valence-corrected chi connectivity index (χ1v) is 26.8. The number of aromatic nitrogens is 2. The van der Waals surface area contributed by atoms with E-state index in [0.717, 1.165) is 80.5 Å². The van der Waals surface area contributed by atoms with Crippen molar-refractivity contribution in [3.05, 3.63) is 247 Å². The zero-order chi connectivity index (χ0) is 48.9. The molecule has 0 N–H and O–H groups in total. The number of hydrogen-bond donors (Lipinski definition) is 0. The third-order valence-corrected chi connectivity index (χ3v) is 17.0. The summed E-state index contributed by atoms with van der Waals surface area (Å²) in [5.74, 6) is 0.0931. The van der Waals surface area contributed by atoms with E-state index in [2.05, 4.69) is 247 Å². The molecular weight excluding hydrogens is 919 g/mol. The van der Waals surface area contributed by atoms with Gasteiger partial charge in [-0.15, -0.1) is 11.3 Å². The molecule has 2 unspecified atom stereocenters. The maximum Gasteiger partial charge on any atom is 0.143 e. The maximum absolute atomic E-state index is 6.95. The van der Waals surface area contributed by atoms with Crippen molar-refractivity contribution < 1.29 is 4.42 Å². The number of aliphatic imine (C=N–C) groups is 1. The number of fused-ring (bicyclic) bond motifs is 12. The van der Waals surface area contributed by atoms with Crippen LogP contribution >= 0.6 is 11.3 Å². The highest BCUT2D eigenvalue weighted by Gasteiger charge is 2.31. The predicted molar refractivity (Wildman–Crippen MR) is 314 cm³/mol. The summed E-state index contributed by atoms with van der Waals surface area (Å²) < 4.78 is 14.5. The fourth-order valence-electron chi connectivity index (χ4n) is 12.5. The summed E-state index contributed by atoms with van der Waals surface area (Å²) >= 11 is 1.89. The fourth-order valence-corrected chi connectivity index (χ4v) is 13.7. The minimum Gasteiger partial charge on any atom is -0.455 e. The second-order valence-electron chi connectivity index (χ2n) is 19.9. The van der Waals surface area contributed by atoms with Crippen LogP contribution in [0.25, 0.3) is 114 Å². The van der Waals surface area contributed by atoms with Crippen LogP contribution in [0.5, 0.6) is 0 Å². The Balaban J connectivity index is 0.917. The summed E-state index contributed by atoms with van der Waals surface area (Å²) in [5, 5.41) is 9.91. The molecule has 4 nitrogen and oxygen atoms in total. The van der Waals surface area contributed by atoms with Crippen LogP contribution < -0.4 is 0 Å².